The molecule has 0 bridgehead atoms. The van der Waals surface area contributed by atoms with Crippen LogP contribution in [0.4, 0.5) is 17.1 Å². The second kappa shape index (κ2) is 7.12. The number of benzene rings is 2. The first-order chi connectivity index (χ1) is 10.5. The highest BCUT2D eigenvalue weighted by Crippen LogP contribution is 2.21. The monoisotopic (exact) mass is 300 g/mol. The number of rotatable bonds is 7. The van der Waals surface area contributed by atoms with E-state index in [2.05, 4.69) is 5.32 Å². The van der Waals surface area contributed by atoms with Crippen LogP contribution in [0.5, 0.6) is 0 Å². The van der Waals surface area contributed by atoms with Crippen molar-refractivity contribution in [3.8, 4) is 0 Å². The Bertz CT molecular complexity index is 625. The van der Waals surface area contributed by atoms with Crippen molar-refractivity contribution >= 4 is 29.0 Å². The maximum atomic E-state index is 10.8. The Balaban J connectivity index is 2.11. The number of carbonyl (C=O) groups is 2. The van der Waals surface area contributed by atoms with Gasteiger partial charge >= 0.3 is 11.9 Å². The molecule has 0 amide bonds. The number of nitrogens with one attached hydrogen (secondary N) is 1. The first-order valence-electron chi connectivity index (χ1n) is 6.65. The molecule has 2 rings (SSSR count). The fraction of sp³-hybridized carbons (Fsp3) is 0.125. The second-order valence-electron chi connectivity index (χ2n) is 4.68. The highest BCUT2D eigenvalue weighted by molar-refractivity contribution is 5.79. The minimum atomic E-state index is -1.08. The van der Waals surface area contributed by atoms with Crippen LogP contribution in [0.3, 0.4) is 0 Å². The van der Waals surface area contributed by atoms with Gasteiger partial charge in [0.2, 0.25) is 0 Å². The number of para-hydroxylation sites is 1. The van der Waals surface area contributed by atoms with E-state index in [1.165, 1.54) is 4.90 Å². The first kappa shape index (κ1) is 15.4. The highest BCUT2D eigenvalue weighted by atomic mass is 16.4. The maximum absolute atomic E-state index is 10.8. The Hall–Kier alpha value is -3.02. The molecule has 0 saturated heterocycles. The van der Waals surface area contributed by atoms with Crippen molar-refractivity contribution in [1.82, 2.24) is 0 Å². The third-order valence-electron chi connectivity index (χ3n) is 2.95. The summed E-state index contributed by atoms with van der Waals surface area (Å²) in [4.78, 5) is 22.9. The lowest BCUT2D eigenvalue weighted by Crippen LogP contribution is -2.34. The predicted octanol–water partition coefficient (Wildman–Crippen LogP) is 2.41. The molecule has 2 aromatic rings. The summed E-state index contributed by atoms with van der Waals surface area (Å²) in [7, 11) is 0. The van der Waals surface area contributed by atoms with Crippen molar-refractivity contribution in [3.63, 3.8) is 0 Å². The summed E-state index contributed by atoms with van der Waals surface area (Å²) >= 11 is 0. The van der Waals surface area contributed by atoms with Crippen molar-refractivity contribution in [1.29, 1.82) is 0 Å². The number of nitrogens with zero attached hydrogens (tertiary/aromatic N) is 1. The van der Waals surface area contributed by atoms with Crippen LogP contribution in [0.1, 0.15) is 0 Å². The summed E-state index contributed by atoms with van der Waals surface area (Å²) in [5, 5.41) is 20.9. The molecule has 6 nitrogen and oxygen atoms in total. The predicted molar refractivity (Wildman–Crippen MR) is 83.7 cm³/mol. The number of carboxylic acids is 2. The van der Waals surface area contributed by atoms with Gasteiger partial charge in [-0.2, -0.15) is 0 Å². The van der Waals surface area contributed by atoms with Gasteiger partial charge in [0, 0.05) is 17.1 Å². The fourth-order valence-electron chi connectivity index (χ4n) is 2.01. The fourth-order valence-corrected chi connectivity index (χ4v) is 2.01. The molecule has 0 atom stereocenters. The zero-order chi connectivity index (χ0) is 15.9. The molecule has 0 aliphatic rings. The molecule has 0 aromatic heterocycles. The zero-order valence-electron chi connectivity index (χ0n) is 11.8. The molecule has 3 N–H and O–H groups in total. The normalized spacial score (nSPS) is 10.0. The van der Waals surface area contributed by atoms with Crippen LogP contribution in [0.15, 0.2) is 54.6 Å². The highest BCUT2D eigenvalue weighted by Gasteiger charge is 2.14. The molecule has 0 spiro atoms. The Morgan fingerprint density at radius 2 is 1.32 bits per heavy atom. The van der Waals surface area contributed by atoms with E-state index >= 15 is 0 Å². The van der Waals surface area contributed by atoms with Crippen LogP contribution >= 0.6 is 0 Å². The zero-order valence-corrected chi connectivity index (χ0v) is 11.8. The van der Waals surface area contributed by atoms with E-state index in [1.54, 1.807) is 24.3 Å². The van der Waals surface area contributed by atoms with Gasteiger partial charge in [0.05, 0.1) is 0 Å². The third kappa shape index (κ3) is 4.52. The van der Waals surface area contributed by atoms with Crippen LogP contribution in [0.25, 0.3) is 0 Å². The topological polar surface area (TPSA) is 89.9 Å². The number of hydrogen-bond donors (Lipinski definition) is 3. The Morgan fingerprint density at radius 3 is 1.82 bits per heavy atom. The number of anilines is 3. The Morgan fingerprint density at radius 1 is 0.818 bits per heavy atom. The molecule has 2 aromatic carbocycles. The minimum Gasteiger partial charge on any atom is -0.480 e. The molecular formula is C16H16N2O4. The lowest BCUT2D eigenvalue weighted by molar-refractivity contribution is -0.136. The summed E-state index contributed by atoms with van der Waals surface area (Å²) < 4.78 is 0. The van der Waals surface area contributed by atoms with E-state index in [-0.39, 0.29) is 13.1 Å². The summed E-state index contributed by atoms with van der Waals surface area (Å²) in [6.07, 6.45) is 0. The molecule has 0 unspecified atom stereocenters. The van der Waals surface area contributed by atoms with Gasteiger partial charge in [-0.25, -0.2) is 0 Å². The van der Waals surface area contributed by atoms with Crippen molar-refractivity contribution in [3.05, 3.63) is 54.6 Å². The summed E-state index contributed by atoms with van der Waals surface area (Å²) in [6.45, 7) is -0.727. The molecule has 22 heavy (non-hydrogen) atoms. The number of carboxylic acid groups (broad SMARTS) is 2. The van der Waals surface area contributed by atoms with E-state index in [9.17, 15) is 9.59 Å². The Labute approximate surface area is 127 Å². The molecule has 6 heteroatoms. The van der Waals surface area contributed by atoms with Gasteiger partial charge in [0.25, 0.3) is 0 Å². The van der Waals surface area contributed by atoms with Gasteiger partial charge in [-0.15, -0.1) is 0 Å². The minimum absolute atomic E-state index is 0.363. The van der Waals surface area contributed by atoms with Crippen LogP contribution in [0, 0.1) is 0 Å². The van der Waals surface area contributed by atoms with Crippen LogP contribution in [-0.2, 0) is 9.59 Å². The number of hydrogen-bond acceptors (Lipinski definition) is 4. The maximum Gasteiger partial charge on any atom is 0.323 e. The first-order valence-corrected chi connectivity index (χ1v) is 6.65. The van der Waals surface area contributed by atoms with Crippen LogP contribution in [0.2, 0.25) is 0 Å². The lowest BCUT2D eigenvalue weighted by Gasteiger charge is -2.21. The van der Waals surface area contributed by atoms with Crippen molar-refractivity contribution < 1.29 is 19.8 Å². The van der Waals surface area contributed by atoms with E-state index in [0.29, 0.717) is 5.69 Å². The molecule has 0 aliphatic carbocycles. The molecule has 0 radical (unpaired) electrons. The molecule has 114 valence electrons. The average molecular weight is 300 g/mol. The van der Waals surface area contributed by atoms with E-state index < -0.39 is 11.9 Å². The molecule has 0 aliphatic heterocycles. The summed E-state index contributed by atoms with van der Waals surface area (Å²) in [6, 6.07) is 16.5. The lowest BCUT2D eigenvalue weighted by atomic mass is 10.2. The van der Waals surface area contributed by atoms with Gasteiger partial charge < -0.3 is 20.4 Å². The summed E-state index contributed by atoms with van der Waals surface area (Å²) in [5.74, 6) is -2.15. The SMILES string of the molecule is O=C(O)CN(CC(=O)O)c1ccc(Nc2ccccc2)cc1. The van der Waals surface area contributed by atoms with Crippen LogP contribution < -0.4 is 10.2 Å². The third-order valence-corrected chi connectivity index (χ3v) is 2.95. The molecule has 0 saturated carbocycles. The quantitative estimate of drug-likeness (QED) is 0.727. The van der Waals surface area contributed by atoms with Gasteiger partial charge in [-0.1, -0.05) is 18.2 Å². The average Bonchev–Trinajstić information content (AvgIpc) is 2.47. The van der Waals surface area contributed by atoms with Gasteiger partial charge in [0.1, 0.15) is 13.1 Å². The van der Waals surface area contributed by atoms with E-state index in [1.807, 2.05) is 30.3 Å². The van der Waals surface area contributed by atoms with Gasteiger partial charge in [-0.05, 0) is 36.4 Å². The smallest absolute Gasteiger partial charge is 0.323 e. The Kier molecular flexibility index (Phi) is 4.98. The molecular weight excluding hydrogens is 284 g/mol. The summed E-state index contributed by atoms with van der Waals surface area (Å²) in [5.41, 5.74) is 2.31. The van der Waals surface area contributed by atoms with Crippen molar-refractivity contribution in [2.24, 2.45) is 0 Å². The van der Waals surface area contributed by atoms with Gasteiger partial charge in [-0.3, -0.25) is 9.59 Å². The van der Waals surface area contributed by atoms with E-state index in [0.717, 1.165) is 11.4 Å². The van der Waals surface area contributed by atoms with Crippen LogP contribution in [-0.4, -0.2) is 35.2 Å². The van der Waals surface area contributed by atoms with Crippen molar-refractivity contribution in [2.75, 3.05) is 23.3 Å². The molecule has 0 fully saturated rings. The molecule has 0 heterocycles. The number of aliphatic carboxylic acids is 2. The van der Waals surface area contributed by atoms with Crippen molar-refractivity contribution in [2.45, 2.75) is 0 Å². The van der Waals surface area contributed by atoms with E-state index in [4.69, 9.17) is 10.2 Å². The standard InChI is InChI=1S/C16H16N2O4/c19-15(20)10-18(11-16(21)22)14-8-6-13(7-9-14)17-12-4-2-1-3-5-12/h1-9,17H,10-11H2,(H,19,20)(H,21,22). The second-order valence-corrected chi connectivity index (χ2v) is 4.68. The van der Waals surface area contributed by atoms with Gasteiger partial charge in [0.15, 0.2) is 0 Å². The largest absolute Gasteiger partial charge is 0.480 e.